The normalized spacial score (nSPS) is 10.6. The molecule has 0 radical (unpaired) electrons. The van der Waals surface area contributed by atoms with E-state index >= 15 is 0 Å². The summed E-state index contributed by atoms with van der Waals surface area (Å²) in [5.74, 6) is 0.802. The fraction of sp³-hybridized carbons (Fsp3) is 0.273. The molecule has 0 aliphatic heterocycles. The van der Waals surface area contributed by atoms with Gasteiger partial charge in [-0.3, -0.25) is 0 Å². The number of aromatic nitrogens is 3. The molecule has 0 amide bonds. The zero-order valence-corrected chi connectivity index (χ0v) is 9.78. The van der Waals surface area contributed by atoms with E-state index in [1.54, 1.807) is 6.33 Å². The van der Waals surface area contributed by atoms with Crippen molar-refractivity contribution in [2.45, 2.75) is 13.1 Å². The van der Waals surface area contributed by atoms with Crippen LogP contribution in [-0.4, -0.2) is 21.8 Å². The van der Waals surface area contributed by atoms with E-state index in [2.05, 4.69) is 15.4 Å². The van der Waals surface area contributed by atoms with Crippen LogP contribution in [0, 0.1) is 0 Å². The molecule has 0 aliphatic rings. The highest BCUT2D eigenvalue weighted by Gasteiger charge is 2.00. The number of hydrogen-bond donors (Lipinski definition) is 1. The second-order valence-electron chi connectivity index (χ2n) is 3.52. The highest BCUT2D eigenvalue weighted by molar-refractivity contribution is 6.30. The Labute approximate surface area is 99.3 Å². The van der Waals surface area contributed by atoms with Gasteiger partial charge in [0.15, 0.2) is 5.82 Å². The number of nitrogens with zero attached hydrogens (tertiary/aromatic N) is 3. The highest BCUT2D eigenvalue weighted by Crippen LogP contribution is 2.10. The Morgan fingerprint density at radius 2 is 2.06 bits per heavy atom. The minimum atomic E-state index is 0.688. The summed E-state index contributed by atoms with van der Waals surface area (Å²) in [6.45, 7) is 1.40. The lowest BCUT2D eigenvalue weighted by atomic mass is 10.2. The molecule has 1 aromatic heterocycles. The van der Waals surface area contributed by atoms with Crippen LogP contribution in [0.1, 0.15) is 11.4 Å². The van der Waals surface area contributed by atoms with Crippen molar-refractivity contribution in [3.8, 4) is 0 Å². The van der Waals surface area contributed by atoms with Crippen LogP contribution in [0.25, 0.3) is 0 Å². The van der Waals surface area contributed by atoms with Crippen LogP contribution >= 0.6 is 11.6 Å². The number of benzene rings is 1. The highest BCUT2D eigenvalue weighted by atomic mass is 35.5. The predicted molar refractivity (Wildman–Crippen MR) is 63.3 cm³/mol. The number of hydrogen-bond acceptors (Lipinski definition) is 3. The van der Waals surface area contributed by atoms with Crippen molar-refractivity contribution < 1.29 is 0 Å². The van der Waals surface area contributed by atoms with Crippen LogP contribution in [0.15, 0.2) is 30.6 Å². The van der Waals surface area contributed by atoms with Crippen molar-refractivity contribution in [1.82, 2.24) is 20.1 Å². The van der Waals surface area contributed by atoms with Gasteiger partial charge in [0.25, 0.3) is 0 Å². The Morgan fingerprint density at radius 3 is 2.75 bits per heavy atom. The van der Waals surface area contributed by atoms with Gasteiger partial charge >= 0.3 is 0 Å². The SMILES string of the molecule is CNCc1ncn(Cc2ccc(Cl)cc2)n1. The first-order valence-corrected chi connectivity index (χ1v) is 5.43. The monoisotopic (exact) mass is 236 g/mol. The van der Waals surface area contributed by atoms with Gasteiger partial charge in [0.2, 0.25) is 0 Å². The minimum Gasteiger partial charge on any atom is -0.313 e. The third-order valence-electron chi connectivity index (χ3n) is 2.18. The van der Waals surface area contributed by atoms with Crippen LogP contribution in [-0.2, 0) is 13.1 Å². The summed E-state index contributed by atoms with van der Waals surface area (Å²) >= 11 is 5.82. The maximum atomic E-state index is 5.82. The zero-order valence-electron chi connectivity index (χ0n) is 9.02. The van der Waals surface area contributed by atoms with Crippen LogP contribution in [0.5, 0.6) is 0 Å². The maximum absolute atomic E-state index is 5.82. The summed E-state index contributed by atoms with van der Waals surface area (Å²) in [7, 11) is 1.87. The van der Waals surface area contributed by atoms with Gasteiger partial charge in [0.05, 0.1) is 13.1 Å². The molecule has 0 unspecified atom stereocenters. The summed E-state index contributed by atoms with van der Waals surface area (Å²) in [6, 6.07) is 7.73. The lowest BCUT2D eigenvalue weighted by Crippen LogP contribution is -2.08. The Bertz CT molecular complexity index is 449. The van der Waals surface area contributed by atoms with E-state index in [1.807, 2.05) is 36.0 Å². The van der Waals surface area contributed by atoms with Crippen molar-refractivity contribution in [2.24, 2.45) is 0 Å². The lowest BCUT2D eigenvalue weighted by Gasteiger charge is -2.00. The van der Waals surface area contributed by atoms with Gasteiger partial charge < -0.3 is 5.32 Å². The lowest BCUT2D eigenvalue weighted by molar-refractivity contribution is 0.658. The summed E-state index contributed by atoms with van der Waals surface area (Å²) in [6.07, 6.45) is 1.74. The largest absolute Gasteiger partial charge is 0.313 e. The Hall–Kier alpha value is -1.39. The van der Waals surface area contributed by atoms with Crippen molar-refractivity contribution in [3.63, 3.8) is 0 Å². The van der Waals surface area contributed by atoms with Crippen LogP contribution in [0.2, 0.25) is 5.02 Å². The van der Waals surface area contributed by atoms with Gasteiger partial charge in [-0.2, -0.15) is 5.10 Å². The summed E-state index contributed by atoms with van der Waals surface area (Å²) < 4.78 is 1.82. The molecule has 2 aromatic rings. The predicted octanol–water partition coefficient (Wildman–Crippen LogP) is 1.70. The molecule has 0 atom stereocenters. The first-order valence-electron chi connectivity index (χ1n) is 5.05. The molecule has 0 bridgehead atoms. The minimum absolute atomic E-state index is 0.688. The Kier molecular flexibility index (Phi) is 3.54. The van der Waals surface area contributed by atoms with Gasteiger partial charge in [-0.15, -0.1) is 0 Å². The van der Waals surface area contributed by atoms with Gasteiger partial charge in [0.1, 0.15) is 6.33 Å². The molecule has 1 heterocycles. The summed E-state index contributed by atoms with van der Waals surface area (Å²) in [5, 5.41) is 8.09. The molecule has 16 heavy (non-hydrogen) atoms. The van der Waals surface area contributed by atoms with Crippen molar-refractivity contribution >= 4 is 11.6 Å². The molecule has 5 heteroatoms. The molecule has 1 N–H and O–H groups in total. The molecular formula is C11H13ClN4. The molecule has 4 nitrogen and oxygen atoms in total. The van der Waals surface area contributed by atoms with E-state index in [4.69, 9.17) is 11.6 Å². The third kappa shape index (κ3) is 2.81. The molecule has 0 saturated carbocycles. The molecule has 0 saturated heterocycles. The third-order valence-corrected chi connectivity index (χ3v) is 2.43. The van der Waals surface area contributed by atoms with Gasteiger partial charge in [-0.25, -0.2) is 9.67 Å². The van der Waals surface area contributed by atoms with Crippen LogP contribution in [0.4, 0.5) is 0 Å². The Balaban J connectivity index is 2.05. The van der Waals surface area contributed by atoms with Gasteiger partial charge in [0, 0.05) is 5.02 Å². The molecule has 0 spiro atoms. The van der Waals surface area contributed by atoms with Gasteiger partial charge in [-0.1, -0.05) is 23.7 Å². The average Bonchev–Trinajstić information content (AvgIpc) is 2.70. The van der Waals surface area contributed by atoms with E-state index in [0.29, 0.717) is 13.1 Å². The molecule has 0 fully saturated rings. The van der Waals surface area contributed by atoms with Crippen LogP contribution < -0.4 is 5.32 Å². The summed E-state index contributed by atoms with van der Waals surface area (Å²) in [4.78, 5) is 4.18. The average molecular weight is 237 g/mol. The number of rotatable bonds is 4. The molecule has 0 aliphatic carbocycles. The van der Waals surface area contributed by atoms with Crippen molar-refractivity contribution in [3.05, 3.63) is 47.0 Å². The first kappa shape index (κ1) is 11.1. The van der Waals surface area contributed by atoms with E-state index < -0.39 is 0 Å². The molecule has 1 aromatic carbocycles. The second kappa shape index (κ2) is 5.09. The number of halogens is 1. The molecular weight excluding hydrogens is 224 g/mol. The molecule has 2 rings (SSSR count). The standard InChI is InChI=1S/C11H13ClN4/c1-13-6-11-14-8-16(15-11)7-9-2-4-10(12)5-3-9/h2-5,8,13H,6-7H2,1H3. The van der Waals surface area contributed by atoms with E-state index in [9.17, 15) is 0 Å². The van der Waals surface area contributed by atoms with E-state index in [-0.39, 0.29) is 0 Å². The quantitative estimate of drug-likeness (QED) is 0.879. The fourth-order valence-corrected chi connectivity index (χ4v) is 1.55. The van der Waals surface area contributed by atoms with Crippen LogP contribution in [0.3, 0.4) is 0 Å². The van der Waals surface area contributed by atoms with E-state index in [1.165, 1.54) is 0 Å². The van der Waals surface area contributed by atoms with Crippen molar-refractivity contribution in [1.29, 1.82) is 0 Å². The van der Waals surface area contributed by atoms with E-state index in [0.717, 1.165) is 16.4 Å². The summed E-state index contributed by atoms with van der Waals surface area (Å²) in [5.41, 5.74) is 1.16. The number of nitrogens with one attached hydrogen (secondary N) is 1. The topological polar surface area (TPSA) is 42.7 Å². The smallest absolute Gasteiger partial charge is 0.164 e. The van der Waals surface area contributed by atoms with Crippen molar-refractivity contribution in [2.75, 3.05) is 7.05 Å². The Morgan fingerprint density at radius 1 is 1.31 bits per heavy atom. The first-order chi connectivity index (χ1) is 7.78. The zero-order chi connectivity index (χ0) is 11.4. The second-order valence-corrected chi connectivity index (χ2v) is 3.95. The fourth-order valence-electron chi connectivity index (χ4n) is 1.43. The molecule has 84 valence electrons. The van der Waals surface area contributed by atoms with Gasteiger partial charge in [-0.05, 0) is 24.7 Å². The maximum Gasteiger partial charge on any atom is 0.164 e.